The van der Waals surface area contributed by atoms with E-state index in [0.29, 0.717) is 19.8 Å². The van der Waals surface area contributed by atoms with Crippen molar-refractivity contribution in [3.05, 3.63) is 35.1 Å². The fourth-order valence-corrected chi connectivity index (χ4v) is 3.78. The van der Waals surface area contributed by atoms with Gasteiger partial charge in [-0.3, -0.25) is 4.79 Å². The van der Waals surface area contributed by atoms with Crippen LogP contribution >= 0.6 is 0 Å². The van der Waals surface area contributed by atoms with Crippen molar-refractivity contribution in [2.45, 2.75) is 32.2 Å². The van der Waals surface area contributed by atoms with Crippen LogP contribution in [0, 0.1) is 11.2 Å². The first-order valence-electron chi connectivity index (χ1n) is 7.86. The van der Waals surface area contributed by atoms with Crippen molar-refractivity contribution in [2.24, 2.45) is 5.41 Å². The highest BCUT2D eigenvalue weighted by atomic mass is 19.1. The van der Waals surface area contributed by atoms with Crippen LogP contribution in [-0.2, 0) is 4.74 Å². The summed E-state index contributed by atoms with van der Waals surface area (Å²) >= 11 is 0. The number of likely N-dealkylation sites (tertiary alicyclic amines) is 1. The second-order valence-electron chi connectivity index (χ2n) is 6.40. The van der Waals surface area contributed by atoms with Gasteiger partial charge in [0.1, 0.15) is 5.82 Å². The molecule has 0 aromatic heterocycles. The molecule has 2 aliphatic heterocycles. The molecule has 3 rings (SSSR count). The molecular weight excluding hydrogens is 301 g/mol. The lowest BCUT2D eigenvalue weighted by atomic mass is 9.74. The predicted octanol–water partition coefficient (Wildman–Crippen LogP) is 2.56. The Morgan fingerprint density at radius 3 is 2.61 bits per heavy atom. The number of amides is 1. The van der Waals surface area contributed by atoms with Crippen LogP contribution in [0.1, 0.15) is 46.9 Å². The lowest BCUT2D eigenvalue weighted by Gasteiger charge is -2.38. The summed E-state index contributed by atoms with van der Waals surface area (Å²) in [5.74, 6) is -2.36. The van der Waals surface area contributed by atoms with E-state index >= 15 is 0 Å². The van der Waals surface area contributed by atoms with Crippen LogP contribution in [0.4, 0.5) is 4.39 Å². The van der Waals surface area contributed by atoms with Crippen LogP contribution in [0.3, 0.4) is 0 Å². The fraction of sp³-hybridized carbons (Fsp3) is 0.529. The minimum atomic E-state index is -1.21. The molecule has 1 spiro atoms. The van der Waals surface area contributed by atoms with Crippen molar-refractivity contribution in [1.82, 2.24) is 4.90 Å². The Morgan fingerprint density at radius 2 is 2.00 bits per heavy atom. The number of carboxylic acids is 1. The largest absolute Gasteiger partial charge is 0.478 e. The zero-order valence-electron chi connectivity index (χ0n) is 13.0. The summed E-state index contributed by atoms with van der Waals surface area (Å²) in [7, 11) is 0. The lowest BCUT2D eigenvalue weighted by molar-refractivity contribution is 0.000114. The lowest BCUT2D eigenvalue weighted by Crippen LogP contribution is -2.43. The monoisotopic (exact) mass is 321 g/mol. The molecule has 23 heavy (non-hydrogen) atoms. The first kappa shape index (κ1) is 15.9. The number of hydrogen-bond donors (Lipinski definition) is 1. The van der Waals surface area contributed by atoms with Crippen molar-refractivity contribution in [1.29, 1.82) is 0 Å². The highest BCUT2D eigenvalue weighted by molar-refractivity contribution is 5.96. The third kappa shape index (κ3) is 2.72. The molecular formula is C17H20FNO4. The Labute approximate surface area is 134 Å². The molecule has 1 atom stereocenters. The quantitative estimate of drug-likeness (QED) is 0.909. The van der Waals surface area contributed by atoms with Crippen LogP contribution in [0.25, 0.3) is 0 Å². The molecule has 2 heterocycles. The van der Waals surface area contributed by atoms with Crippen molar-refractivity contribution < 1.29 is 23.8 Å². The van der Waals surface area contributed by atoms with Gasteiger partial charge in [0, 0.05) is 25.8 Å². The molecule has 1 unspecified atom stereocenters. The van der Waals surface area contributed by atoms with E-state index in [1.165, 1.54) is 12.1 Å². The van der Waals surface area contributed by atoms with E-state index < -0.39 is 11.8 Å². The predicted molar refractivity (Wildman–Crippen MR) is 81.0 cm³/mol. The van der Waals surface area contributed by atoms with E-state index in [1.807, 2.05) is 6.92 Å². The van der Waals surface area contributed by atoms with Crippen LogP contribution in [-0.4, -0.2) is 47.7 Å². The van der Waals surface area contributed by atoms with Crippen molar-refractivity contribution >= 4 is 11.9 Å². The molecule has 124 valence electrons. The van der Waals surface area contributed by atoms with Crippen LogP contribution in [0.2, 0.25) is 0 Å². The van der Waals surface area contributed by atoms with Gasteiger partial charge in [0.15, 0.2) is 0 Å². The maximum absolute atomic E-state index is 14.1. The van der Waals surface area contributed by atoms with Gasteiger partial charge in [-0.25, -0.2) is 9.18 Å². The van der Waals surface area contributed by atoms with Gasteiger partial charge in [-0.2, -0.15) is 0 Å². The number of ether oxygens (including phenoxy) is 1. The SMILES string of the molecule is CC1N(C(=O)c2ccc(C(=O)O)cc2F)CCC12CCOCC2. The van der Waals surface area contributed by atoms with E-state index in [9.17, 15) is 14.0 Å². The average molecular weight is 321 g/mol. The topological polar surface area (TPSA) is 66.8 Å². The number of carbonyl (C=O) groups excluding carboxylic acids is 1. The van der Waals surface area contributed by atoms with Gasteiger partial charge in [0.05, 0.1) is 11.1 Å². The Kier molecular flexibility index (Phi) is 4.10. The van der Waals surface area contributed by atoms with Crippen molar-refractivity contribution in [2.75, 3.05) is 19.8 Å². The number of carbonyl (C=O) groups is 2. The van der Waals surface area contributed by atoms with Gasteiger partial charge < -0.3 is 14.7 Å². The number of aromatic carboxylic acids is 1. The number of nitrogens with zero attached hydrogens (tertiary/aromatic N) is 1. The summed E-state index contributed by atoms with van der Waals surface area (Å²) in [4.78, 5) is 25.3. The van der Waals surface area contributed by atoms with Gasteiger partial charge in [-0.1, -0.05) is 0 Å². The van der Waals surface area contributed by atoms with Crippen LogP contribution in [0.5, 0.6) is 0 Å². The van der Waals surface area contributed by atoms with Crippen LogP contribution in [0.15, 0.2) is 18.2 Å². The average Bonchev–Trinajstić information content (AvgIpc) is 2.84. The van der Waals surface area contributed by atoms with E-state index in [0.717, 1.165) is 25.3 Å². The molecule has 0 bridgehead atoms. The molecule has 2 aliphatic rings. The zero-order valence-corrected chi connectivity index (χ0v) is 13.0. The molecule has 2 saturated heterocycles. The summed E-state index contributed by atoms with van der Waals surface area (Å²) in [6.07, 6.45) is 2.73. The minimum absolute atomic E-state index is 0.0254. The second-order valence-corrected chi connectivity index (χ2v) is 6.40. The van der Waals surface area contributed by atoms with Gasteiger partial charge in [-0.05, 0) is 49.8 Å². The number of halogens is 1. The van der Waals surface area contributed by atoms with Crippen molar-refractivity contribution in [3.8, 4) is 0 Å². The Hall–Kier alpha value is -1.95. The van der Waals surface area contributed by atoms with Gasteiger partial charge in [-0.15, -0.1) is 0 Å². The first-order valence-corrected chi connectivity index (χ1v) is 7.86. The maximum atomic E-state index is 14.1. The Bertz CT molecular complexity index is 639. The van der Waals surface area contributed by atoms with E-state index in [1.54, 1.807) is 4.90 Å². The molecule has 0 aliphatic carbocycles. The van der Waals surface area contributed by atoms with E-state index in [-0.39, 0.29) is 28.5 Å². The molecule has 0 saturated carbocycles. The maximum Gasteiger partial charge on any atom is 0.335 e. The highest BCUT2D eigenvalue weighted by Crippen LogP contribution is 2.45. The number of carboxylic acid groups (broad SMARTS) is 1. The molecule has 5 nitrogen and oxygen atoms in total. The summed E-state index contributed by atoms with van der Waals surface area (Å²) in [5.41, 5.74) is -0.161. The summed E-state index contributed by atoms with van der Waals surface area (Å²) < 4.78 is 19.6. The Morgan fingerprint density at radius 1 is 1.30 bits per heavy atom. The summed E-state index contributed by atoms with van der Waals surface area (Å²) in [6.45, 7) is 4.02. The molecule has 6 heteroatoms. The highest BCUT2D eigenvalue weighted by Gasteiger charge is 2.47. The zero-order chi connectivity index (χ0) is 16.6. The minimum Gasteiger partial charge on any atom is -0.478 e. The third-order valence-corrected chi connectivity index (χ3v) is 5.40. The van der Waals surface area contributed by atoms with Crippen LogP contribution < -0.4 is 0 Å². The molecule has 1 amide bonds. The molecule has 1 aromatic rings. The van der Waals surface area contributed by atoms with Gasteiger partial charge in [0.25, 0.3) is 5.91 Å². The molecule has 0 radical (unpaired) electrons. The molecule has 1 aromatic carbocycles. The normalized spacial score (nSPS) is 23.2. The number of benzene rings is 1. The number of hydrogen-bond acceptors (Lipinski definition) is 3. The first-order chi connectivity index (χ1) is 10.9. The Balaban J connectivity index is 1.82. The summed E-state index contributed by atoms with van der Waals surface area (Å²) in [5, 5.41) is 8.88. The van der Waals surface area contributed by atoms with Gasteiger partial charge in [0.2, 0.25) is 0 Å². The van der Waals surface area contributed by atoms with Crippen molar-refractivity contribution in [3.63, 3.8) is 0 Å². The smallest absolute Gasteiger partial charge is 0.335 e. The fourth-order valence-electron chi connectivity index (χ4n) is 3.78. The van der Waals surface area contributed by atoms with E-state index in [4.69, 9.17) is 9.84 Å². The molecule has 1 N–H and O–H groups in total. The standard InChI is InChI=1S/C17H20FNO4/c1-11-17(5-8-23-9-6-17)4-7-19(11)15(20)13-3-2-12(16(21)22)10-14(13)18/h2-3,10-11H,4-9H2,1H3,(H,21,22). The van der Waals surface area contributed by atoms with E-state index in [2.05, 4.69) is 0 Å². The second kappa shape index (κ2) is 5.92. The van der Waals surface area contributed by atoms with Gasteiger partial charge >= 0.3 is 5.97 Å². The number of rotatable bonds is 2. The summed E-state index contributed by atoms with van der Waals surface area (Å²) in [6, 6.07) is 3.46. The molecule has 2 fully saturated rings. The third-order valence-electron chi connectivity index (χ3n) is 5.40.